The molecule has 0 bridgehead atoms. The van der Waals surface area contributed by atoms with Crippen molar-refractivity contribution in [3.63, 3.8) is 0 Å². The van der Waals surface area contributed by atoms with Crippen LogP contribution < -0.4 is 16.0 Å². The van der Waals surface area contributed by atoms with E-state index in [4.69, 9.17) is 23.4 Å². The van der Waals surface area contributed by atoms with E-state index in [0.29, 0.717) is 35.9 Å². The number of hydrogen-bond acceptors (Lipinski definition) is 6. The normalized spacial score (nSPS) is 16.9. The minimum Gasteiger partial charge on any atom is -0.443 e. The van der Waals surface area contributed by atoms with Crippen LogP contribution in [0.3, 0.4) is 0 Å². The van der Waals surface area contributed by atoms with Crippen LogP contribution in [-0.2, 0) is 20.9 Å². The van der Waals surface area contributed by atoms with Crippen LogP contribution in [0.4, 0.5) is 16.3 Å². The fourth-order valence-electron chi connectivity index (χ4n) is 3.88. The van der Waals surface area contributed by atoms with Crippen molar-refractivity contribution < 1.29 is 20.5 Å². The third-order valence-corrected chi connectivity index (χ3v) is 5.81. The number of amides is 3. The van der Waals surface area contributed by atoms with Crippen molar-refractivity contribution in [2.75, 3.05) is 17.2 Å². The quantitative estimate of drug-likeness (QED) is 0.621. The first kappa shape index (κ1) is 24.8. The molecule has 1 aromatic heterocycles. The molecule has 1 aromatic carbocycles. The van der Waals surface area contributed by atoms with E-state index < -0.39 is 23.8 Å². The number of rotatable bonds is 6. The molecule has 1 fully saturated rings. The first-order chi connectivity index (χ1) is 17.0. The zero-order valence-electron chi connectivity index (χ0n) is 21.2. The Hall–Kier alpha value is -3.33. The molecule has 3 N–H and O–H groups in total. The Morgan fingerprint density at radius 3 is 2.66 bits per heavy atom. The van der Waals surface area contributed by atoms with E-state index in [1.54, 1.807) is 63.4 Å². The van der Waals surface area contributed by atoms with Crippen molar-refractivity contribution in [3.8, 4) is 0 Å². The molecule has 3 amide bonds. The van der Waals surface area contributed by atoms with Gasteiger partial charge in [0, 0.05) is 31.4 Å². The SMILES string of the molecule is [2H]CC(C)(C)OC(=O)N(c1ccc(Cl)cc1)[C@@H](C)C(=O)N1CCC[C@H]1C(=O)NCc1ccc(N)nc1. The number of halogens is 1. The van der Waals surface area contributed by atoms with Gasteiger partial charge in [-0.25, -0.2) is 9.78 Å². The third-order valence-electron chi connectivity index (χ3n) is 5.56. The molecule has 0 radical (unpaired) electrons. The van der Waals surface area contributed by atoms with E-state index in [1.807, 2.05) is 0 Å². The minimum absolute atomic E-state index is 0.145. The number of nitrogen functional groups attached to an aromatic ring is 1. The summed E-state index contributed by atoms with van der Waals surface area (Å²) in [5.74, 6) is -0.264. The molecule has 1 aliphatic rings. The van der Waals surface area contributed by atoms with Gasteiger partial charge in [-0.2, -0.15) is 0 Å². The molecular formula is C25H32ClN5O4. The number of carbonyl (C=O) groups excluding carboxylic acids is 3. The van der Waals surface area contributed by atoms with Crippen molar-refractivity contribution in [2.24, 2.45) is 0 Å². The van der Waals surface area contributed by atoms with Gasteiger partial charge >= 0.3 is 6.09 Å². The first-order valence-corrected chi connectivity index (χ1v) is 11.8. The second-order valence-electron chi connectivity index (χ2n) is 9.15. The number of nitrogens with two attached hydrogens (primary N) is 1. The molecule has 0 saturated carbocycles. The van der Waals surface area contributed by atoms with Crippen molar-refractivity contribution in [1.29, 1.82) is 0 Å². The molecule has 0 aliphatic carbocycles. The maximum atomic E-state index is 13.6. The van der Waals surface area contributed by atoms with E-state index in [0.717, 1.165) is 5.56 Å². The highest BCUT2D eigenvalue weighted by Gasteiger charge is 2.40. The van der Waals surface area contributed by atoms with E-state index in [-0.39, 0.29) is 25.3 Å². The molecule has 10 heteroatoms. The molecule has 188 valence electrons. The van der Waals surface area contributed by atoms with Crippen LogP contribution in [0.25, 0.3) is 0 Å². The van der Waals surface area contributed by atoms with Gasteiger partial charge in [-0.3, -0.25) is 14.5 Å². The molecule has 2 heterocycles. The minimum atomic E-state index is -1.04. The van der Waals surface area contributed by atoms with E-state index in [9.17, 15) is 14.4 Å². The van der Waals surface area contributed by atoms with Crippen LogP contribution in [0.1, 0.15) is 47.4 Å². The Morgan fingerprint density at radius 1 is 1.31 bits per heavy atom. The highest BCUT2D eigenvalue weighted by atomic mass is 35.5. The predicted molar refractivity (Wildman–Crippen MR) is 135 cm³/mol. The highest BCUT2D eigenvalue weighted by molar-refractivity contribution is 6.30. The summed E-state index contributed by atoms with van der Waals surface area (Å²) < 4.78 is 13.2. The van der Waals surface area contributed by atoms with Crippen LogP contribution in [-0.4, -0.2) is 52.0 Å². The van der Waals surface area contributed by atoms with Crippen molar-refractivity contribution in [3.05, 3.63) is 53.2 Å². The van der Waals surface area contributed by atoms with Crippen LogP contribution in [0.15, 0.2) is 42.6 Å². The average Bonchev–Trinajstić information content (AvgIpc) is 3.34. The highest BCUT2D eigenvalue weighted by Crippen LogP contribution is 2.26. The number of nitrogens with zero attached hydrogens (tertiary/aromatic N) is 3. The van der Waals surface area contributed by atoms with Gasteiger partial charge in [0.1, 0.15) is 23.5 Å². The number of ether oxygens (including phenoxy) is 1. The monoisotopic (exact) mass is 502 g/mol. The summed E-state index contributed by atoms with van der Waals surface area (Å²) in [6, 6.07) is 8.28. The first-order valence-electron chi connectivity index (χ1n) is 12.1. The van der Waals surface area contributed by atoms with Crippen LogP contribution in [0.5, 0.6) is 0 Å². The fraction of sp³-hybridized carbons (Fsp3) is 0.440. The lowest BCUT2D eigenvalue weighted by Gasteiger charge is -2.34. The summed E-state index contributed by atoms with van der Waals surface area (Å²) in [5.41, 5.74) is 5.77. The van der Waals surface area contributed by atoms with Gasteiger partial charge in [0.15, 0.2) is 0 Å². The summed E-state index contributed by atoms with van der Waals surface area (Å²) in [5, 5.41) is 3.34. The number of anilines is 2. The van der Waals surface area contributed by atoms with Gasteiger partial charge < -0.3 is 20.7 Å². The Balaban J connectivity index is 1.77. The number of hydrogen-bond donors (Lipinski definition) is 2. The van der Waals surface area contributed by atoms with Crippen LogP contribution in [0.2, 0.25) is 5.02 Å². The topological polar surface area (TPSA) is 118 Å². The molecular weight excluding hydrogens is 470 g/mol. The van der Waals surface area contributed by atoms with Gasteiger partial charge in [0.2, 0.25) is 11.8 Å². The number of aromatic nitrogens is 1. The van der Waals surface area contributed by atoms with Gasteiger partial charge in [0.25, 0.3) is 0 Å². The maximum absolute atomic E-state index is 13.6. The predicted octanol–water partition coefficient (Wildman–Crippen LogP) is 3.75. The Labute approximate surface area is 212 Å². The molecule has 0 spiro atoms. The third kappa shape index (κ3) is 6.85. The van der Waals surface area contributed by atoms with Gasteiger partial charge in [-0.05, 0) is 76.4 Å². The summed E-state index contributed by atoms with van der Waals surface area (Å²) in [6.07, 6.45) is 2.01. The molecule has 2 atom stereocenters. The Bertz CT molecular complexity index is 1080. The molecule has 1 aliphatic heterocycles. The summed E-state index contributed by atoms with van der Waals surface area (Å²) in [6.45, 7) is 5.36. The smallest absolute Gasteiger partial charge is 0.415 e. The molecule has 3 rings (SSSR count). The number of nitrogens with one attached hydrogen (secondary N) is 1. The second-order valence-corrected chi connectivity index (χ2v) is 9.59. The van der Waals surface area contributed by atoms with Crippen LogP contribution in [0, 0.1) is 0 Å². The molecule has 0 unspecified atom stereocenters. The Morgan fingerprint density at radius 2 is 2.03 bits per heavy atom. The lowest BCUT2D eigenvalue weighted by atomic mass is 10.1. The molecule has 35 heavy (non-hydrogen) atoms. The summed E-state index contributed by atoms with van der Waals surface area (Å²) in [7, 11) is 0. The van der Waals surface area contributed by atoms with Crippen molar-refractivity contribution >= 4 is 41.0 Å². The lowest BCUT2D eigenvalue weighted by Crippen LogP contribution is -2.54. The van der Waals surface area contributed by atoms with Gasteiger partial charge in [0.05, 0.1) is 0 Å². The van der Waals surface area contributed by atoms with Gasteiger partial charge in [-0.1, -0.05) is 17.7 Å². The standard InChI is InChI=1S/C25H32ClN5O4/c1-16(31(24(34)35-25(2,3)4)19-10-8-18(26)9-11-19)23(33)30-13-5-6-20(30)22(32)29-15-17-7-12-21(27)28-14-17/h7-12,14,16,20H,5-6,13,15H2,1-4H3,(H2,27,28)(H,29,32)/t16-,20-/m0/s1/i2D. The summed E-state index contributed by atoms with van der Waals surface area (Å²) >= 11 is 6.02. The fourth-order valence-corrected chi connectivity index (χ4v) is 4.00. The van der Waals surface area contributed by atoms with Crippen molar-refractivity contribution in [2.45, 2.75) is 64.7 Å². The van der Waals surface area contributed by atoms with Gasteiger partial charge in [-0.15, -0.1) is 0 Å². The van der Waals surface area contributed by atoms with Crippen LogP contribution >= 0.6 is 11.6 Å². The maximum Gasteiger partial charge on any atom is 0.415 e. The zero-order valence-corrected chi connectivity index (χ0v) is 20.9. The summed E-state index contributed by atoms with van der Waals surface area (Å²) in [4.78, 5) is 46.5. The number of likely N-dealkylation sites (tertiary alicyclic amines) is 1. The number of pyridine rings is 1. The van der Waals surface area contributed by atoms with E-state index >= 15 is 0 Å². The number of benzene rings is 1. The molecule has 1 saturated heterocycles. The average molecular weight is 503 g/mol. The number of carbonyl (C=O) groups is 3. The van der Waals surface area contributed by atoms with E-state index in [2.05, 4.69) is 10.3 Å². The second kappa shape index (κ2) is 10.9. The zero-order chi connectivity index (χ0) is 26.5. The largest absolute Gasteiger partial charge is 0.443 e. The molecule has 9 nitrogen and oxygen atoms in total. The van der Waals surface area contributed by atoms with Crippen molar-refractivity contribution in [1.82, 2.24) is 15.2 Å². The molecule has 2 aromatic rings. The lowest BCUT2D eigenvalue weighted by molar-refractivity contribution is -0.139. The van der Waals surface area contributed by atoms with E-state index in [1.165, 1.54) is 9.80 Å². The Kier molecular flexibility index (Phi) is 7.75.